The van der Waals surface area contributed by atoms with Crippen molar-refractivity contribution < 1.29 is 0 Å². The monoisotopic (exact) mass is 295 g/mol. The molecule has 0 aromatic rings. The van der Waals surface area contributed by atoms with Gasteiger partial charge in [0.1, 0.15) is 0 Å². The predicted octanol–water partition coefficient (Wildman–Crippen LogP) is 2.96. The van der Waals surface area contributed by atoms with Crippen molar-refractivity contribution in [1.29, 1.82) is 0 Å². The molecule has 1 heterocycles. The van der Waals surface area contributed by atoms with E-state index in [9.17, 15) is 0 Å². The molecule has 2 fully saturated rings. The van der Waals surface area contributed by atoms with Crippen molar-refractivity contribution in [3.63, 3.8) is 0 Å². The zero-order valence-corrected chi connectivity index (χ0v) is 14.6. The van der Waals surface area contributed by atoms with Crippen LogP contribution in [0.2, 0.25) is 0 Å². The predicted molar refractivity (Wildman–Crippen MR) is 91.8 cm³/mol. The lowest BCUT2D eigenvalue weighted by Crippen LogP contribution is -2.40. The van der Waals surface area contributed by atoms with Crippen LogP contribution in [-0.2, 0) is 0 Å². The van der Waals surface area contributed by atoms with Gasteiger partial charge in [0.05, 0.1) is 0 Å². The molecule has 0 spiro atoms. The summed E-state index contributed by atoms with van der Waals surface area (Å²) >= 11 is 0. The molecular formula is C18H37N3. The van der Waals surface area contributed by atoms with Crippen LogP contribution >= 0.6 is 0 Å². The van der Waals surface area contributed by atoms with Crippen LogP contribution in [0.4, 0.5) is 0 Å². The summed E-state index contributed by atoms with van der Waals surface area (Å²) in [5.74, 6) is 0.921. The number of nitrogens with zero attached hydrogens (tertiary/aromatic N) is 2. The van der Waals surface area contributed by atoms with E-state index in [2.05, 4.69) is 36.0 Å². The minimum absolute atomic E-state index is 0.803. The van der Waals surface area contributed by atoms with Crippen molar-refractivity contribution in [3.8, 4) is 0 Å². The van der Waals surface area contributed by atoms with Crippen molar-refractivity contribution in [2.75, 3.05) is 39.8 Å². The number of likely N-dealkylation sites (tertiary alicyclic amines) is 1. The van der Waals surface area contributed by atoms with E-state index >= 15 is 0 Å². The van der Waals surface area contributed by atoms with Gasteiger partial charge in [-0.15, -0.1) is 0 Å². The van der Waals surface area contributed by atoms with Crippen molar-refractivity contribution >= 4 is 0 Å². The molecule has 0 aromatic heterocycles. The Morgan fingerprint density at radius 2 is 2.00 bits per heavy atom. The van der Waals surface area contributed by atoms with Crippen LogP contribution in [0.15, 0.2) is 0 Å². The van der Waals surface area contributed by atoms with Crippen LogP contribution in [-0.4, -0.2) is 61.7 Å². The molecule has 3 nitrogen and oxygen atoms in total. The van der Waals surface area contributed by atoms with Gasteiger partial charge < -0.3 is 10.2 Å². The topological polar surface area (TPSA) is 18.5 Å². The first kappa shape index (κ1) is 17.2. The molecule has 0 amide bonds. The zero-order chi connectivity index (χ0) is 15.1. The second-order valence-electron chi connectivity index (χ2n) is 7.23. The van der Waals surface area contributed by atoms with Gasteiger partial charge in [0.2, 0.25) is 0 Å². The van der Waals surface area contributed by atoms with Crippen LogP contribution < -0.4 is 5.32 Å². The van der Waals surface area contributed by atoms with Gasteiger partial charge in [0.15, 0.2) is 0 Å². The third-order valence-electron chi connectivity index (χ3n) is 5.62. The fourth-order valence-corrected chi connectivity index (χ4v) is 4.34. The maximum Gasteiger partial charge on any atom is 0.0223 e. The number of rotatable bonds is 9. The minimum atomic E-state index is 0.803. The van der Waals surface area contributed by atoms with Gasteiger partial charge in [-0.05, 0) is 77.7 Å². The normalized spacial score (nSPS) is 30.6. The summed E-state index contributed by atoms with van der Waals surface area (Å²) in [7, 11) is 2.33. The Bertz CT molecular complexity index is 282. The molecule has 3 unspecified atom stereocenters. The Hall–Kier alpha value is -0.120. The Morgan fingerprint density at radius 1 is 1.14 bits per heavy atom. The van der Waals surface area contributed by atoms with Crippen LogP contribution in [0, 0.1) is 5.92 Å². The first-order valence-corrected chi connectivity index (χ1v) is 9.40. The average molecular weight is 296 g/mol. The fraction of sp³-hybridized carbons (Fsp3) is 1.00. The summed E-state index contributed by atoms with van der Waals surface area (Å²) in [6.07, 6.45) is 9.73. The highest BCUT2D eigenvalue weighted by molar-refractivity contribution is 4.85. The highest BCUT2D eigenvalue weighted by Gasteiger charge is 2.27. The van der Waals surface area contributed by atoms with Crippen molar-refractivity contribution in [1.82, 2.24) is 15.1 Å². The van der Waals surface area contributed by atoms with Gasteiger partial charge >= 0.3 is 0 Å². The Labute approximate surface area is 132 Å². The van der Waals surface area contributed by atoms with Gasteiger partial charge in [-0.25, -0.2) is 0 Å². The largest absolute Gasteiger partial charge is 0.314 e. The molecule has 1 saturated carbocycles. The van der Waals surface area contributed by atoms with Gasteiger partial charge in [0, 0.05) is 18.6 Å². The summed E-state index contributed by atoms with van der Waals surface area (Å²) in [4.78, 5) is 5.26. The molecule has 1 saturated heterocycles. The molecule has 0 bridgehead atoms. The summed E-state index contributed by atoms with van der Waals surface area (Å²) < 4.78 is 0. The maximum atomic E-state index is 3.77. The first-order valence-electron chi connectivity index (χ1n) is 9.40. The van der Waals surface area contributed by atoms with Crippen LogP contribution in [0.25, 0.3) is 0 Å². The van der Waals surface area contributed by atoms with E-state index in [0.29, 0.717) is 0 Å². The van der Waals surface area contributed by atoms with E-state index in [4.69, 9.17) is 0 Å². The Morgan fingerprint density at radius 3 is 2.76 bits per heavy atom. The van der Waals surface area contributed by atoms with E-state index in [1.165, 1.54) is 77.7 Å². The summed E-state index contributed by atoms with van der Waals surface area (Å²) in [5.41, 5.74) is 0. The molecule has 1 aliphatic heterocycles. The lowest BCUT2D eigenvalue weighted by Gasteiger charge is -2.29. The number of hydrogen-bond donors (Lipinski definition) is 1. The molecule has 3 atom stereocenters. The highest BCUT2D eigenvalue weighted by atomic mass is 15.2. The molecule has 0 aromatic carbocycles. The van der Waals surface area contributed by atoms with Crippen LogP contribution in [0.3, 0.4) is 0 Å². The third kappa shape index (κ3) is 5.22. The minimum Gasteiger partial charge on any atom is -0.314 e. The molecule has 1 N–H and O–H groups in total. The molecular weight excluding hydrogens is 258 g/mol. The van der Waals surface area contributed by atoms with Crippen LogP contribution in [0.1, 0.15) is 58.8 Å². The van der Waals surface area contributed by atoms with E-state index in [-0.39, 0.29) is 0 Å². The number of nitrogens with one attached hydrogen (secondary N) is 1. The van der Waals surface area contributed by atoms with E-state index in [1.807, 2.05) is 0 Å². The number of likely N-dealkylation sites (N-methyl/N-ethyl adjacent to an activating group) is 2. The quantitative estimate of drug-likeness (QED) is 0.705. The molecule has 0 radical (unpaired) electrons. The van der Waals surface area contributed by atoms with Crippen molar-refractivity contribution in [2.45, 2.75) is 70.9 Å². The second kappa shape index (κ2) is 9.12. The molecule has 124 valence electrons. The lowest BCUT2D eigenvalue weighted by molar-refractivity contribution is 0.189. The molecule has 3 heteroatoms. The maximum absolute atomic E-state index is 3.77. The fourth-order valence-electron chi connectivity index (χ4n) is 4.34. The first-order chi connectivity index (χ1) is 10.2. The number of hydrogen-bond acceptors (Lipinski definition) is 3. The SMILES string of the molecule is CCCNC1CCCC1CCN(C)CC1CCCN1CC. The molecule has 2 aliphatic rings. The summed E-state index contributed by atoms with van der Waals surface area (Å²) in [6.45, 7) is 10.9. The van der Waals surface area contributed by atoms with Crippen LogP contribution in [0.5, 0.6) is 0 Å². The standard InChI is InChI=1S/C18H37N3/c1-4-12-19-18-10-6-8-16(18)11-14-20(3)15-17-9-7-13-21(17)5-2/h16-19H,4-15H2,1-3H3. The molecule has 21 heavy (non-hydrogen) atoms. The Balaban J connectivity index is 1.67. The highest BCUT2D eigenvalue weighted by Crippen LogP contribution is 2.28. The smallest absolute Gasteiger partial charge is 0.0223 e. The Kier molecular flexibility index (Phi) is 7.48. The third-order valence-corrected chi connectivity index (χ3v) is 5.62. The van der Waals surface area contributed by atoms with Gasteiger partial charge in [-0.3, -0.25) is 4.90 Å². The molecule has 1 aliphatic carbocycles. The summed E-state index contributed by atoms with van der Waals surface area (Å²) in [5, 5.41) is 3.77. The van der Waals surface area contributed by atoms with Crippen molar-refractivity contribution in [2.24, 2.45) is 5.92 Å². The van der Waals surface area contributed by atoms with E-state index in [0.717, 1.165) is 18.0 Å². The van der Waals surface area contributed by atoms with E-state index < -0.39 is 0 Å². The summed E-state index contributed by atoms with van der Waals surface area (Å²) in [6, 6.07) is 1.62. The van der Waals surface area contributed by atoms with Gasteiger partial charge in [-0.2, -0.15) is 0 Å². The van der Waals surface area contributed by atoms with Gasteiger partial charge in [0.25, 0.3) is 0 Å². The second-order valence-corrected chi connectivity index (χ2v) is 7.23. The molecule has 2 rings (SSSR count). The van der Waals surface area contributed by atoms with Gasteiger partial charge in [-0.1, -0.05) is 20.3 Å². The van der Waals surface area contributed by atoms with Crippen molar-refractivity contribution in [3.05, 3.63) is 0 Å². The van der Waals surface area contributed by atoms with E-state index in [1.54, 1.807) is 0 Å². The lowest BCUT2D eigenvalue weighted by atomic mass is 9.99. The zero-order valence-electron chi connectivity index (χ0n) is 14.6. The average Bonchev–Trinajstić information content (AvgIpc) is 3.11.